The lowest BCUT2D eigenvalue weighted by Gasteiger charge is -2.33. The SMILES string of the molecule is COC1CCC2(CCCCC2)C1. The largest absolute Gasteiger partial charge is 0.381 e. The van der Waals surface area contributed by atoms with Gasteiger partial charge in [0.05, 0.1) is 6.10 Å². The fourth-order valence-electron chi connectivity index (χ4n) is 3.11. The van der Waals surface area contributed by atoms with Crippen molar-refractivity contribution in [2.24, 2.45) is 5.41 Å². The Morgan fingerprint density at radius 1 is 1.08 bits per heavy atom. The molecule has 2 aliphatic rings. The van der Waals surface area contributed by atoms with Crippen LogP contribution in [0.15, 0.2) is 0 Å². The summed E-state index contributed by atoms with van der Waals surface area (Å²) in [6.45, 7) is 0. The molecule has 0 N–H and O–H groups in total. The lowest BCUT2D eigenvalue weighted by molar-refractivity contribution is 0.0858. The van der Waals surface area contributed by atoms with Crippen LogP contribution in [0.2, 0.25) is 0 Å². The van der Waals surface area contributed by atoms with E-state index in [2.05, 4.69) is 0 Å². The van der Waals surface area contributed by atoms with Crippen LogP contribution in [-0.4, -0.2) is 13.2 Å². The van der Waals surface area contributed by atoms with E-state index in [9.17, 15) is 0 Å². The van der Waals surface area contributed by atoms with Gasteiger partial charge in [0.15, 0.2) is 0 Å². The summed E-state index contributed by atoms with van der Waals surface area (Å²) in [6, 6.07) is 0. The van der Waals surface area contributed by atoms with Gasteiger partial charge in [-0.1, -0.05) is 19.3 Å². The summed E-state index contributed by atoms with van der Waals surface area (Å²) in [5.74, 6) is 0. The Kier molecular flexibility index (Phi) is 2.40. The molecule has 1 unspecified atom stereocenters. The maximum Gasteiger partial charge on any atom is 0.0576 e. The van der Waals surface area contributed by atoms with Crippen molar-refractivity contribution in [2.75, 3.05) is 7.11 Å². The van der Waals surface area contributed by atoms with Crippen molar-refractivity contribution in [1.82, 2.24) is 0 Å². The maximum atomic E-state index is 5.44. The molecule has 0 aliphatic heterocycles. The van der Waals surface area contributed by atoms with E-state index < -0.39 is 0 Å². The van der Waals surface area contributed by atoms with Crippen LogP contribution in [0.5, 0.6) is 0 Å². The van der Waals surface area contributed by atoms with E-state index in [4.69, 9.17) is 4.74 Å². The van der Waals surface area contributed by atoms with Crippen LogP contribution in [0, 0.1) is 5.41 Å². The number of ether oxygens (including phenoxy) is 1. The first kappa shape index (κ1) is 8.55. The van der Waals surface area contributed by atoms with Gasteiger partial charge in [0.1, 0.15) is 0 Å². The van der Waals surface area contributed by atoms with Crippen molar-refractivity contribution in [3.8, 4) is 0 Å². The Hall–Kier alpha value is -0.0400. The molecular weight excluding hydrogens is 148 g/mol. The molecule has 2 fully saturated rings. The molecule has 70 valence electrons. The Balaban J connectivity index is 1.94. The lowest BCUT2D eigenvalue weighted by atomic mass is 9.73. The second-order valence-electron chi connectivity index (χ2n) is 4.66. The second kappa shape index (κ2) is 3.37. The Labute approximate surface area is 75.5 Å². The third kappa shape index (κ3) is 1.52. The summed E-state index contributed by atoms with van der Waals surface area (Å²) in [4.78, 5) is 0. The Morgan fingerprint density at radius 3 is 2.42 bits per heavy atom. The fraction of sp³-hybridized carbons (Fsp3) is 1.00. The minimum absolute atomic E-state index is 0.586. The average Bonchev–Trinajstić information content (AvgIpc) is 2.50. The van der Waals surface area contributed by atoms with Crippen molar-refractivity contribution >= 4 is 0 Å². The minimum Gasteiger partial charge on any atom is -0.381 e. The quantitative estimate of drug-likeness (QED) is 0.584. The smallest absolute Gasteiger partial charge is 0.0576 e. The molecule has 1 heteroatoms. The van der Waals surface area contributed by atoms with Crippen LogP contribution in [0.1, 0.15) is 51.4 Å². The van der Waals surface area contributed by atoms with E-state index in [1.54, 1.807) is 0 Å². The molecule has 0 aromatic rings. The first-order valence-corrected chi connectivity index (χ1v) is 5.37. The van der Waals surface area contributed by atoms with E-state index in [-0.39, 0.29) is 0 Å². The molecule has 2 aliphatic carbocycles. The molecule has 0 radical (unpaired) electrons. The molecule has 0 aromatic heterocycles. The maximum absolute atomic E-state index is 5.44. The molecule has 2 saturated carbocycles. The van der Waals surface area contributed by atoms with Crippen LogP contribution >= 0.6 is 0 Å². The van der Waals surface area contributed by atoms with E-state index >= 15 is 0 Å². The van der Waals surface area contributed by atoms with Gasteiger partial charge in [-0.15, -0.1) is 0 Å². The molecule has 0 bridgehead atoms. The fourth-order valence-corrected chi connectivity index (χ4v) is 3.11. The summed E-state index contributed by atoms with van der Waals surface area (Å²) < 4.78 is 5.44. The highest BCUT2D eigenvalue weighted by atomic mass is 16.5. The van der Waals surface area contributed by atoms with Gasteiger partial charge in [0, 0.05) is 7.11 Å². The first-order chi connectivity index (χ1) is 5.85. The van der Waals surface area contributed by atoms with E-state index in [1.807, 2.05) is 7.11 Å². The third-order valence-corrected chi connectivity index (χ3v) is 3.90. The zero-order valence-corrected chi connectivity index (χ0v) is 8.14. The minimum atomic E-state index is 0.586. The second-order valence-corrected chi connectivity index (χ2v) is 4.66. The number of hydrogen-bond donors (Lipinski definition) is 0. The third-order valence-electron chi connectivity index (χ3n) is 3.90. The average molecular weight is 168 g/mol. The van der Waals surface area contributed by atoms with Gasteiger partial charge in [-0.05, 0) is 37.5 Å². The molecular formula is C11H20O. The van der Waals surface area contributed by atoms with Crippen LogP contribution in [0.25, 0.3) is 0 Å². The summed E-state index contributed by atoms with van der Waals surface area (Å²) in [5.41, 5.74) is 0.721. The van der Waals surface area contributed by atoms with Gasteiger partial charge >= 0.3 is 0 Å². The molecule has 0 amide bonds. The number of hydrogen-bond acceptors (Lipinski definition) is 1. The van der Waals surface area contributed by atoms with Crippen LogP contribution < -0.4 is 0 Å². The predicted octanol–water partition coefficient (Wildman–Crippen LogP) is 3.14. The van der Waals surface area contributed by atoms with Crippen molar-refractivity contribution in [3.63, 3.8) is 0 Å². The normalized spacial score (nSPS) is 34.2. The highest BCUT2D eigenvalue weighted by Crippen LogP contribution is 2.49. The van der Waals surface area contributed by atoms with Crippen molar-refractivity contribution in [3.05, 3.63) is 0 Å². The Morgan fingerprint density at radius 2 is 1.83 bits per heavy atom. The molecule has 0 aromatic carbocycles. The molecule has 0 saturated heterocycles. The zero-order chi connectivity index (χ0) is 8.44. The zero-order valence-electron chi connectivity index (χ0n) is 8.14. The highest BCUT2D eigenvalue weighted by molar-refractivity contribution is 4.91. The molecule has 0 heterocycles. The summed E-state index contributed by atoms with van der Waals surface area (Å²) in [6.07, 6.45) is 12.1. The van der Waals surface area contributed by atoms with Gasteiger partial charge in [-0.3, -0.25) is 0 Å². The van der Waals surface area contributed by atoms with Crippen LogP contribution in [0.4, 0.5) is 0 Å². The van der Waals surface area contributed by atoms with Crippen molar-refractivity contribution < 1.29 is 4.74 Å². The lowest BCUT2D eigenvalue weighted by Crippen LogP contribution is -2.21. The van der Waals surface area contributed by atoms with Crippen molar-refractivity contribution in [2.45, 2.75) is 57.5 Å². The molecule has 1 nitrogen and oxygen atoms in total. The monoisotopic (exact) mass is 168 g/mol. The highest BCUT2D eigenvalue weighted by Gasteiger charge is 2.39. The van der Waals surface area contributed by atoms with Crippen LogP contribution in [-0.2, 0) is 4.74 Å². The van der Waals surface area contributed by atoms with Crippen molar-refractivity contribution in [1.29, 1.82) is 0 Å². The molecule has 1 spiro atoms. The Bertz CT molecular complexity index is 147. The van der Waals surface area contributed by atoms with Gasteiger partial charge in [0.2, 0.25) is 0 Å². The number of rotatable bonds is 1. The molecule has 12 heavy (non-hydrogen) atoms. The van der Waals surface area contributed by atoms with E-state index in [1.165, 1.54) is 51.4 Å². The van der Waals surface area contributed by atoms with Gasteiger partial charge in [0.25, 0.3) is 0 Å². The topological polar surface area (TPSA) is 9.23 Å². The van der Waals surface area contributed by atoms with Gasteiger partial charge in [-0.2, -0.15) is 0 Å². The molecule has 1 atom stereocenters. The standard InChI is InChI=1S/C11H20O/c1-12-10-5-8-11(9-10)6-3-2-4-7-11/h10H,2-9H2,1H3. The van der Waals surface area contributed by atoms with E-state index in [0.717, 1.165) is 5.41 Å². The van der Waals surface area contributed by atoms with Gasteiger partial charge in [-0.25, -0.2) is 0 Å². The molecule has 2 rings (SSSR count). The summed E-state index contributed by atoms with van der Waals surface area (Å²) in [7, 11) is 1.87. The predicted molar refractivity (Wildman–Crippen MR) is 50.2 cm³/mol. The van der Waals surface area contributed by atoms with E-state index in [0.29, 0.717) is 6.10 Å². The first-order valence-electron chi connectivity index (χ1n) is 5.37. The van der Waals surface area contributed by atoms with Gasteiger partial charge < -0.3 is 4.74 Å². The number of methoxy groups -OCH3 is 1. The summed E-state index contributed by atoms with van der Waals surface area (Å²) in [5, 5.41) is 0. The summed E-state index contributed by atoms with van der Waals surface area (Å²) >= 11 is 0. The van der Waals surface area contributed by atoms with Crippen LogP contribution in [0.3, 0.4) is 0 Å².